The second-order valence-electron chi connectivity index (χ2n) is 4.71. The van der Waals surface area contributed by atoms with Gasteiger partial charge in [0, 0.05) is 16.5 Å². The van der Waals surface area contributed by atoms with E-state index in [-0.39, 0.29) is 16.5 Å². The maximum atomic E-state index is 13.6. The van der Waals surface area contributed by atoms with Crippen molar-refractivity contribution in [2.75, 3.05) is 6.54 Å². The molecule has 0 saturated heterocycles. The fourth-order valence-corrected chi connectivity index (χ4v) is 2.26. The van der Waals surface area contributed by atoms with Crippen LogP contribution in [0.3, 0.4) is 0 Å². The molecule has 2 atom stereocenters. The Hall–Kier alpha value is -0.640. The molecule has 2 unspecified atom stereocenters. The summed E-state index contributed by atoms with van der Waals surface area (Å²) in [5.74, 6) is -0.264. The maximum Gasteiger partial charge on any atom is 0.130 e. The number of nitrogens with two attached hydrogens (primary N) is 1. The van der Waals surface area contributed by atoms with Gasteiger partial charge in [0.15, 0.2) is 0 Å². The molecular weight excluding hydrogens is 241 g/mol. The molecule has 0 radical (unpaired) electrons. The van der Waals surface area contributed by atoms with Crippen LogP contribution in [-0.2, 0) is 0 Å². The first kappa shape index (κ1) is 14.4. The van der Waals surface area contributed by atoms with E-state index in [0.717, 1.165) is 6.42 Å². The van der Waals surface area contributed by atoms with E-state index in [1.807, 2.05) is 13.8 Å². The second-order valence-corrected chi connectivity index (χ2v) is 5.11. The molecule has 0 bridgehead atoms. The van der Waals surface area contributed by atoms with E-state index in [9.17, 15) is 9.50 Å². The Morgan fingerprint density at radius 1 is 1.41 bits per heavy atom. The van der Waals surface area contributed by atoms with Crippen molar-refractivity contribution < 1.29 is 9.50 Å². The first-order valence-electron chi connectivity index (χ1n) is 5.79. The molecule has 0 amide bonds. The highest BCUT2D eigenvalue weighted by Crippen LogP contribution is 2.33. The minimum absolute atomic E-state index is 0.158. The molecule has 4 heteroatoms. The minimum Gasteiger partial charge on any atom is -0.388 e. The van der Waals surface area contributed by atoms with Gasteiger partial charge in [-0.15, -0.1) is 0 Å². The van der Waals surface area contributed by atoms with Crippen LogP contribution >= 0.6 is 11.6 Å². The van der Waals surface area contributed by atoms with Crippen molar-refractivity contribution in [2.24, 2.45) is 17.6 Å². The zero-order valence-electron chi connectivity index (χ0n) is 10.2. The van der Waals surface area contributed by atoms with Crippen molar-refractivity contribution in [1.82, 2.24) is 0 Å². The first-order valence-corrected chi connectivity index (χ1v) is 6.17. The SMILES string of the molecule is CC(C)CC(CN)C(O)c1c(F)cccc1Cl. The maximum absolute atomic E-state index is 13.6. The standard InChI is InChI=1S/C13H19ClFNO/c1-8(2)6-9(7-16)13(17)12-10(14)4-3-5-11(12)15/h3-5,8-9,13,17H,6-7,16H2,1-2H3. The summed E-state index contributed by atoms with van der Waals surface area (Å²) in [5, 5.41) is 10.4. The molecule has 0 aliphatic carbocycles. The lowest BCUT2D eigenvalue weighted by molar-refractivity contribution is 0.0961. The third-order valence-electron chi connectivity index (χ3n) is 2.82. The smallest absolute Gasteiger partial charge is 0.130 e. The summed E-state index contributed by atoms with van der Waals surface area (Å²) in [5.41, 5.74) is 5.79. The van der Waals surface area contributed by atoms with Crippen LogP contribution < -0.4 is 5.73 Å². The van der Waals surface area contributed by atoms with E-state index >= 15 is 0 Å². The van der Waals surface area contributed by atoms with E-state index in [4.69, 9.17) is 17.3 Å². The largest absolute Gasteiger partial charge is 0.388 e. The van der Waals surface area contributed by atoms with Crippen molar-refractivity contribution in [3.63, 3.8) is 0 Å². The van der Waals surface area contributed by atoms with E-state index < -0.39 is 11.9 Å². The van der Waals surface area contributed by atoms with Crippen LogP contribution in [0.2, 0.25) is 5.02 Å². The minimum atomic E-state index is -0.948. The molecule has 96 valence electrons. The summed E-state index contributed by atoms with van der Waals surface area (Å²) in [4.78, 5) is 0. The van der Waals surface area contributed by atoms with Crippen molar-refractivity contribution in [3.05, 3.63) is 34.6 Å². The van der Waals surface area contributed by atoms with E-state index in [2.05, 4.69) is 0 Å². The molecule has 0 aromatic heterocycles. The molecule has 0 spiro atoms. The lowest BCUT2D eigenvalue weighted by Crippen LogP contribution is -2.24. The Bertz CT molecular complexity index is 350. The third kappa shape index (κ3) is 3.66. The Kier molecular flexibility index (Phi) is 5.37. The zero-order valence-corrected chi connectivity index (χ0v) is 10.9. The van der Waals surface area contributed by atoms with Crippen molar-refractivity contribution in [2.45, 2.75) is 26.4 Å². The molecule has 0 aliphatic rings. The summed E-state index contributed by atoms with van der Waals surface area (Å²) < 4.78 is 13.6. The summed E-state index contributed by atoms with van der Waals surface area (Å²) in [6, 6.07) is 4.40. The highest BCUT2D eigenvalue weighted by molar-refractivity contribution is 6.31. The Morgan fingerprint density at radius 3 is 2.53 bits per heavy atom. The number of aliphatic hydroxyl groups is 1. The molecule has 2 nitrogen and oxygen atoms in total. The van der Waals surface area contributed by atoms with Crippen LogP contribution in [0.25, 0.3) is 0 Å². The van der Waals surface area contributed by atoms with Gasteiger partial charge in [-0.05, 0) is 31.0 Å². The van der Waals surface area contributed by atoms with Gasteiger partial charge in [0.2, 0.25) is 0 Å². The Morgan fingerprint density at radius 2 is 2.06 bits per heavy atom. The van der Waals surface area contributed by atoms with Gasteiger partial charge < -0.3 is 10.8 Å². The fraction of sp³-hybridized carbons (Fsp3) is 0.538. The predicted octanol–water partition coefficient (Wildman–Crippen LogP) is 3.13. The van der Waals surface area contributed by atoms with Gasteiger partial charge in [-0.25, -0.2) is 4.39 Å². The molecule has 1 aromatic carbocycles. The number of aliphatic hydroxyl groups excluding tert-OH is 1. The summed E-state index contributed by atoms with van der Waals surface area (Å²) in [6.45, 7) is 4.39. The first-order chi connectivity index (χ1) is 7.97. The predicted molar refractivity (Wildman–Crippen MR) is 68.4 cm³/mol. The molecule has 0 heterocycles. The fourth-order valence-electron chi connectivity index (χ4n) is 1.99. The van der Waals surface area contributed by atoms with E-state index in [1.54, 1.807) is 6.07 Å². The van der Waals surface area contributed by atoms with Crippen LogP contribution in [0.4, 0.5) is 4.39 Å². The lowest BCUT2D eigenvalue weighted by Gasteiger charge is -2.24. The average Bonchev–Trinajstić information content (AvgIpc) is 2.25. The number of hydrogen-bond acceptors (Lipinski definition) is 2. The molecule has 0 fully saturated rings. The van der Waals surface area contributed by atoms with Gasteiger partial charge in [0.1, 0.15) is 5.82 Å². The molecule has 17 heavy (non-hydrogen) atoms. The summed E-state index contributed by atoms with van der Waals surface area (Å²) in [6.07, 6.45) is -0.210. The van der Waals surface area contributed by atoms with Crippen LogP contribution in [-0.4, -0.2) is 11.7 Å². The monoisotopic (exact) mass is 259 g/mol. The highest BCUT2D eigenvalue weighted by Gasteiger charge is 2.25. The third-order valence-corrected chi connectivity index (χ3v) is 3.15. The van der Waals surface area contributed by atoms with Crippen LogP contribution in [0.15, 0.2) is 18.2 Å². The Balaban J connectivity index is 2.97. The molecule has 1 aromatic rings. The van der Waals surface area contributed by atoms with Crippen molar-refractivity contribution in [1.29, 1.82) is 0 Å². The lowest BCUT2D eigenvalue weighted by atomic mass is 9.88. The van der Waals surface area contributed by atoms with Gasteiger partial charge in [-0.3, -0.25) is 0 Å². The molecule has 0 saturated carbocycles. The van der Waals surface area contributed by atoms with Gasteiger partial charge in [0.25, 0.3) is 0 Å². The van der Waals surface area contributed by atoms with Crippen molar-refractivity contribution >= 4 is 11.6 Å². The van der Waals surface area contributed by atoms with Crippen molar-refractivity contribution in [3.8, 4) is 0 Å². The molecule has 0 aliphatic heterocycles. The molecule has 1 rings (SSSR count). The van der Waals surface area contributed by atoms with Gasteiger partial charge >= 0.3 is 0 Å². The van der Waals surface area contributed by atoms with Crippen LogP contribution in [0.1, 0.15) is 31.9 Å². The quantitative estimate of drug-likeness (QED) is 0.853. The van der Waals surface area contributed by atoms with Gasteiger partial charge in [0.05, 0.1) is 6.10 Å². The summed E-state index contributed by atoms with van der Waals surface area (Å²) >= 11 is 5.92. The number of benzene rings is 1. The number of rotatable bonds is 5. The molecular formula is C13H19ClFNO. The van der Waals surface area contributed by atoms with E-state index in [1.165, 1.54) is 12.1 Å². The van der Waals surface area contributed by atoms with Gasteiger partial charge in [-0.1, -0.05) is 31.5 Å². The second kappa shape index (κ2) is 6.34. The highest BCUT2D eigenvalue weighted by atomic mass is 35.5. The van der Waals surface area contributed by atoms with E-state index in [0.29, 0.717) is 12.5 Å². The number of hydrogen-bond donors (Lipinski definition) is 2. The van der Waals surface area contributed by atoms with Gasteiger partial charge in [-0.2, -0.15) is 0 Å². The van der Waals surface area contributed by atoms with Crippen LogP contribution in [0.5, 0.6) is 0 Å². The number of halogens is 2. The van der Waals surface area contributed by atoms with Crippen LogP contribution in [0, 0.1) is 17.7 Å². The Labute approximate surface area is 107 Å². The topological polar surface area (TPSA) is 46.2 Å². The zero-order chi connectivity index (χ0) is 13.0. The molecule has 3 N–H and O–H groups in total. The normalized spacial score (nSPS) is 15.0. The summed E-state index contributed by atoms with van der Waals surface area (Å²) in [7, 11) is 0. The average molecular weight is 260 g/mol.